The predicted octanol–water partition coefficient (Wildman–Crippen LogP) is 1.26. The Morgan fingerprint density at radius 1 is 1.40 bits per heavy atom. The topological polar surface area (TPSA) is 69.6 Å². The predicted molar refractivity (Wildman–Crippen MR) is 55.9 cm³/mol. The lowest BCUT2D eigenvalue weighted by atomic mass is 10.2. The molecular formula is C10H11N5. The van der Waals surface area contributed by atoms with Crippen LogP contribution in [0, 0.1) is 0 Å². The quantitative estimate of drug-likeness (QED) is 0.794. The largest absolute Gasteiger partial charge is 0.397 e. The lowest BCUT2D eigenvalue weighted by molar-refractivity contribution is 0.746. The summed E-state index contributed by atoms with van der Waals surface area (Å²) in [6.07, 6.45) is 7.54. The third-order valence-corrected chi connectivity index (χ3v) is 2.61. The third-order valence-electron chi connectivity index (χ3n) is 2.61. The number of nitrogens with zero attached hydrogens (tertiary/aromatic N) is 4. The molecule has 0 aliphatic heterocycles. The maximum atomic E-state index is 5.86. The van der Waals surface area contributed by atoms with Crippen molar-refractivity contribution < 1.29 is 0 Å². The van der Waals surface area contributed by atoms with Crippen molar-refractivity contribution in [2.24, 2.45) is 0 Å². The van der Waals surface area contributed by atoms with E-state index in [9.17, 15) is 0 Å². The number of anilines is 1. The van der Waals surface area contributed by atoms with E-state index >= 15 is 0 Å². The summed E-state index contributed by atoms with van der Waals surface area (Å²) < 4.78 is 2.09. The van der Waals surface area contributed by atoms with E-state index < -0.39 is 0 Å². The minimum Gasteiger partial charge on any atom is -0.397 e. The number of hydrogen-bond donors (Lipinski definition) is 1. The van der Waals surface area contributed by atoms with E-state index in [0.29, 0.717) is 11.7 Å². The lowest BCUT2D eigenvalue weighted by Gasteiger charge is -2.06. The molecule has 0 spiro atoms. The van der Waals surface area contributed by atoms with Crippen LogP contribution in [-0.4, -0.2) is 19.7 Å². The minimum atomic E-state index is 0.558. The first-order chi connectivity index (χ1) is 7.36. The molecule has 1 aliphatic rings. The van der Waals surface area contributed by atoms with Gasteiger partial charge in [-0.1, -0.05) is 0 Å². The molecular weight excluding hydrogens is 190 g/mol. The molecule has 2 aromatic rings. The Morgan fingerprint density at radius 2 is 2.27 bits per heavy atom. The molecule has 1 saturated carbocycles. The van der Waals surface area contributed by atoms with Crippen molar-refractivity contribution in [3.8, 4) is 11.4 Å². The Kier molecular flexibility index (Phi) is 1.71. The summed E-state index contributed by atoms with van der Waals surface area (Å²) in [7, 11) is 0. The van der Waals surface area contributed by atoms with Crippen LogP contribution in [0.25, 0.3) is 11.4 Å². The summed E-state index contributed by atoms with van der Waals surface area (Å²) in [4.78, 5) is 3.96. The second kappa shape index (κ2) is 3.05. The SMILES string of the molecule is Nc1cnccc1-c1nncn1C1CC1. The van der Waals surface area contributed by atoms with Gasteiger partial charge in [0.15, 0.2) is 5.82 Å². The van der Waals surface area contributed by atoms with Gasteiger partial charge in [-0.05, 0) is 18.9 Å². The van der Waals surface area contributed by atoms with E-state index in [1.54, 1.807) is 18.7 Å². The van der Waals surface area contributed by atoms with Crippen LogP contribution < -0.4 is 5.73 Å². The van der Waals surface area contributed by atoms with Gasteiger partial charge in [-0.3, -0.25) is 4.98 Å². The molecule has 2 heterocycles. The van der Waals surface area contributed by atoms with Gasteiger partial charge in [0.05, 0.1) is 11.9 Å². The van der Waals surface area contributed by atoms with Gasteiger partial charge in [0, 0.05) is 17.8 Å². The summed E-state index contributed by atoms with van der Waals surface area (Å²) in [5, 5.41) is 8.05. The van der Waals surface area contributed by atoms with Crippen LogP contribution in [0.2, 0.25) is 0 Å². The van der Waals surface area contributed by atoms with Gasteiger partial charge >= 0.3 is 0 Å². The first-order valence-corrected chi connectivity index (χ1v) is 4.95. The van der Waals surface area contributed by atoms with Crippen LogP contribution in [-0.2, 0) is 0 Å². The molecule has 5 nitrogen and oxygen atoms in total. The maximum absolute atomic E-state index is 5.86. The lowest BCUT2D eigenvalue weighted by Crippen LogP contribution is -1.99. The zero-order chi connectivity index (χ0) is 10.3. The minimum absolute atomic E-state index is 0.558. The molecule has 5 heteroatoms. The molecule has 0 unspecified atom stereocenters. The van der Waals surface area contributed by atoms with E-state index in [1.807, 2.05) is 6.07 Å². The van der Waals surface area contributed by atoms with Gasteiger partial charge in [-0.25, -0.2) is 0 Å². The average molecular weight is 201 g/mol. The van der Waals surface area contributed by atoms with Crippen LogP contribution in [0.1, 0.15) is 18.9 Å². The molecule has 15 heavy (non-hydrogen) atoms. The number of nitrogen functional groups attached to an aromatic ring is 1. The Labute approximate surface area is 87.0 Å². The monoisotopic (exact) mass is 201 g/mol. The van der Waals surface area contributed by atoms with E-state index in [-0.39, 0.29) is 0 Å². The fourth-order valence-corrected chi connectivity index (χ4v) is 1.67. The van der Waals surface area contributed by atoms with Crippen molar-refractivity contribution in [1.29, 1.82) is 0 Å². The standard InChI is InChI=1S/C10H11N5/c11-9-5-12-4-3-8(9)10-14-13-6-15(10)7-1-2-7/h3-7H,1-2,11H2. The number of pyridine rings is 1. The van der Waals surface area contributed by atoms with Crippen LogP contribution in [0.4, 0.5) is 5.69 Å². The summed E-state index contributed by atoms with van der Waals surface area (Å²) in [5.41, 5.74) is 7.41. The van der Waals surface area contributed by atoms with E-state index in [1.165, 1.54) is 12.8 Å². The highest BCUT2D eigenvalue weighted by atomic mass is 15.3. The molecule has 76 valence electrons. The second-order valence-electron chi connectivity index (χ2n) is 3.76. The fraction of sp³-hybridized carbons (Fsp3) is 0.300. The first-order valence-electron chi connectivity index (χ1n) is 4.95. The fourth-order valence-electron chi connectivity index (χ4n) is 1.67. The molecule has 2 N–H and O–H groups in total. The molecule has 1 fully saturated rings. The van der Waals surface area contributed by atoms with Crippen molar-refractivity contribution in [1.82, 2.24) is 19.7 Å². The van der Waals surface area contributed by atoms with Crippen LogP contribution in [0.15, 0.2) is 24.8 Å². The highest BCUT2D eigenvalue weighted by Crippen LogP contribution is 2.38. The number of hydrogen-bond acceptors (Lipinski definition) is 4. The summed E-state index contributed by atoms with van der Waals surface area (Å²) in [6, 6.07) is 2.43. The molecule has 0 bridgehead atoms. The molecule has 0 saturated heterocycles. The van der Waals surface area contributed by atoms with Gasteiger partial charge in [0.25, 0.3) is 0 Å². The summed E-state index contributed by atoms with van der Waals surface area (Å²) in [6.45, 7) is 0. The Morgan fingerprint density at radius 3 is 3.00 bits per heavy atom. The van der Waals surface area contributed by atoms with Gasteiger partial charge in [-0.15, -0.1) is 10.2 Å². The van der Waals surface area contributed by atoms with Crippen molar-refractivity contribution in [3.63, 3.8) is 0 Å². The maximum Gasteiger partial charge on any atom is 0.166 e. The smallest absolute Gasteiger partial charge is 0.166 e. The molecule has 0 aromatic carbocycles. The van der Waals surface area contributed by atoms with E-state index in [0.717, 1.165) is 11.4 Å². The van der Waals surface area contributed by atoms with Crippen LogP contribution >= 0.6 is 0 Å². The molecule has 1 aliphatic carbocycles. The summed E-state index contributed by atoms with van der Waals surface area (Å²) >= 11 is 0. The van der Waals surface area contributed by atoms with Crippen LogP contribution in [0.3, 0.4) is 0 Å². The van der Waals surface area contributed by atoms with Gasteiger partial charge < -0.3 is 10.3 Å². The Hall–Kier alpha value is -1.91. The third kappa shape index (κ3) is 1.36. The van der Waals surface area contributed by atoms with Crippen LogP contribution in [0.5, 0.6) is 0 Å². The van der Waals surface area contributed by atoms with Crippen molar-refractivity contribution in [2.75, 3.05) is 5.73 Å². The van der Waals surface area contributed by atoms with Gasteiger partial charge in [0.2, 0.25) is 0 Å². The number of nitrogens with two attached hydrogens (primary N) is 1. The van der Waals surface area contributed by atoms with Crippen molar-refractivity contribution in [2.45, 2.75) is 18.9 Å². The molecule has 2 aromatic heterocycles. The number of aromatic nitrogens is 4. The second-order valence-corrected chi connectivity index (χ2v) is 3.76. The summed E-state index contributed by atoms with van der Waals surface area (Å²) in [5.74, 6) is 0.845. The van der Waals surface area contributed by atoms with Crippen molar-refractivity contribution >= 4 is 5.69 Å². The van der Waals surface area contributed by atoms with E-state index in [4.69, 9.17) is 5.73 Å². The molecule has 0 atom stereocenters. The van der Waals surface area contributed by atoms with Crippen molar-refractivity contribution in [3.05, 3.63) is 24.8 Å². The highest BCUT2D eigenvalue weighted by molar-refractivity contribution is 5.70. The first kappa shape index (κ1) is 8.40. The van der Waals surface area contributed by atoms with Gasteiger partial charge in [-0.2, -0.15) is 0 Å². The van der Waals surface area contributed by atoms with E-state index in [2.05, 4.69) is 19.7 Å². The average Bonchev–Trinajstić information content (AvgIpc) is 2.98. The zero-order valence-electron chi connectivity index (χ0n) is 8.17. The Bertz CT molecular complexity index is 486. The molecule has 3 rings (SSSR count). The van der Waals surface area contributed by atoms with Gasteiger partial charge in [0.1, 0.15) is 6.33 Å². The Balaban J connectivity index is 2.12. The number of rotatable bonds is 2. The molecule has 0 amide bonds. The normalized spacial score (nSPS) is 15.5. The zero-order valence-corrected chi connectivity index (χ0v) is 8.17. The molecule has 0 radical (unpaired) electrons. The highest BCUT2D eigenvalue weighted by Gasteiger charge is 2.26.